The van der Waals surface area contributed by atoms with E-state index in [-0.39, 0.29) is 12.6 Å². The van der Waals surface area contributed by atoms with Gasteiger partial charge in [0.2, 0.25) is 0 Å². The van der Waals surface area contributed by atoms with Crippen molar-refractivity contribution in [1.29, 1.82) is 5.26 Å². The van der Waals surface area contributed by atoms with Gasteiger partial charge in [0.05, 0.1) is 17.4 Å². The van der Waals surface area contributed by atoms with Crippen LogP contribution in [-0.2, 0) is 4.79 Å². The van der Waals surface area contributed by atoms with Gasteiger partial charge < -0.3 is 10.0 Å². The lowest BCUT2D eigenvalue weighted by Crippen LogP contribution is -2.32. The first-order valence-corrected chi connectivity index (χ1v) is 5.05. The SMILES string of the molecule is N#Cc1ccncc1N(CC(=O)O)C1CC1. The molecule has 0 unspecified atom stereocenters. The Morgan fingerprint density at radius 2 is 2.44 bits per heavy atom. The standard InChI is InChI=1S/C11H11N3O2/c12-5-8-3-4-13-6-10(8)14(7-11(15)16)9-1-2-9/h3-4,6,9H,1-2,7H2,(H,15,16). The predicted octanol–water partition coefficient (Wildman–Crippen LogP) is 1.01. The van der Waals surface area contributed by atoms with Gasteiger partial charge in [-0.3, -0.25) is 9.78 Å². The van der Waals surface area contributed by atoms with Gasteiger partial charge in [-0.05, 0) is 18.9 Å². The number of anilines is 1. The van der Waals surface area contributed by atoms with Crippen LogP contribution in [-0.4, -0.2) is 28.6 Å². The molecule has 1 aliphatic rings. The van der Waals surface area contributed by atoms with Crippen LogP contribution in [0.4, 0.5) is 5.69 Å². The summed E-state index contributed by atoms with van der Waals surface area (Å²) in [6.45, 7) is -0.0783. The number of carboxylic acid groups (broad SMARTS) is 1. The molecular formula is C11H11N3O2. The van der Waals surface area contributed by atoms with Crippen LogP contribution in [0.5, 0.6) is 0 Å². The van der Waals surface area contributed by atoms with E-state index in [1.54, 1.807) is 17.2 Å². The lowest BCUT2D eigenvalue weighted by atomic mass is 10.2. The fraction of sp³-hybridized carbons (Fsp3) is 0.364. The van der Waals surface area contributed by atoms with E-state index in [1.165, 1.54) is 6.20 Å². The van der Waals surface area contributed by atoms with E-state index in [9.17, 15) is 4.79 Å². The summed E-state index contributed by atoms with van der Waals surface area (Å²) in [7, 11) is 0. The number of pyridine rings is 1. The summed E-state index contributed by atoms with van der Waals surface area (Å²) in [4.78, 5) is 16.5. The molecule has 0 aromatic carbocycles. The van der Waals surface area contributed by atoms with Gasteiger partial charge in [-0.15, -0.1) is 0 Å². The molecule has 1 aromatic heterocycles. The monoisotopic (exact) mass is 217 g/mol. The molecule has 0 saturated heterocycles. The Morgan fingerprint density at radius 3 is 3.00 bits per heavy atom. The molecule has 1 aromatic rings. The van der Waals surface area contributed by atoms with E-state index in [1.807, 2.05) is 0 Å². The Morgan fingerprint density at radius 1 is 1.69 bits per heavy atom. The van der Waals surface area contributed by atoms with E-state index < -0.39 is 5.97 Å². The van der Waals surface area contributed by atoms with Crippen LogP contribution in [0, 0.1) is 11.3 Å². The molecule has 0 radical (unpaired) electrons. The van der Waals surface area contributed by atoms with Crippen molar-refractivity contribution in [2.24, 2.45) is 0 Å². The molecule has 1 aliphatic carbocycles. The highest BCUT2D eigenvalue weighted by atomic mass is 16.4. The van der Waals surface area contributed by atoms with Crippen molar-refractivity contribution in [3.8, 4) is 6.07 Å². The Hall–Kier alpha value is -2.09. The zero-order valence-corrected chi connectivity index (χ0v) is 8.63. The fourth-order valence-corrected chi connectivity index (χ4v) is 1.65. The first-order valence-electron chi connectivity index (χ1n) is 5.05. The number of aromatic nitrogens is 1. The number of hydrogen-bond acceptors (Lipinski definition) is 4. The second-order valence-electron chi connectivity index (χ2n) is 3.76. The normalized spacial score (nSPS) is 14.2. The summed E-state index contributed by atoms with van der Waals surface area (Å²) >= 11 is 0. The Labute approximate surface area is 92.9 Å². The Bertz CT molecular complexity index is 449. The average Bonchev–Trinajstić information content (AvgIpc) is 3.09. The zero-order chi connectivity index (χ0) is 11.5. The smallest absolute Gasteiger partial charge is 0.323 e. The summed E-state index contributed by atoms with van der Waals surface area (Å²) in [6, 6.07) is 3.90. The molecule has 2 rings (SSSR count). The van der Waals surface area contributed by atoms with E-state index in [2.05, 4.69) is 11.1 Å². The number of nitrogens with zero attached hydrogens (tertiary/aromatic N) is 3. The summed E-state index contributed by atoms with van der Waals surface area (Å²) in [5, 5.41) is 17.8. The van der Waals surface area contributed by atoms with Crippen LogP contribution in [0.25, 0.3) is 0 Å². The zero-order valence-electron chi connectivity index (χ0n) is 8.63. The Kier molecular flexibility index (Phi) is 2.73. The summed E-state index contributed by atoms with van der Waals surface area (Å²) in [5.41, 5.74) is 1.10. The summed E-state index contributed by atoms with van der Waals surface area (Å²) < 4.78 is 0. The van der Waals surface area contributed by atoms with Gasteiger partial charge in [0, 0.05) is 12.2 Å². The van der Waals surface area contributed by atoms with Gasteiger partial charge >= 0.3 is 5.97 Å². The minimum atomic E-state index is -0.889. The number of rotatable bonds is 4. The van der Waals surface area contributed by atoms with Crippen LogP contribution >= 0.6 is 0 Å². The molecule has 16 heavy (non-hydrogen) atoms. The molecule has 82 valence electrons. The molecule has 5 heteroatoms. The van der Waals surface area contributed by atoms with Gasteiger partial charge in [-0.1, -0.05) is 0 Å². The van der Waals surface area contributed by atoms with E-state index in [0.29, 0.717) is 11.3 Å². The quantitative estimate of drug-likeness (QED) is 0.814. The molecule has 0 bridgehead atoms. The van der Waals surface area contributed by atoms with Crippen LogP contribution in [0.15, 0.2) is 18.5 Å². The van der Waals surface area contributed by atoms with Crippen molar-refractivity contribution in [3.63, 3.8) is 0 Å². The lowest BCUT2D eigenvalue weighted by molar-refractivity contribution is -0.135. The molecule has 0 amide bonds. The average molecular weight is 217 g/mol. The molecule has 1 heterocycles. The fourth-order valence-electron chi connectivity index (χ4n) is 1.65. The van der Waals surface area contributed by atoms with Crippen LogP contribution in [0.3, 0.4) is 0 Å². The first kappa shape index (κ1) is 10.4. The number of nitriles is 1. The topological polar surface area (TPSA) is 77.2 Å². The van der Waals surface area contributed by atoms with Gasteiger partial charge in [-0.2, -0.15) is 5.26 Å². The highest BCUT2D eigenvalue weighted by Crippen LogP contribution is 2.32. The third-order valence-electron chi connectivity index (χ3n) is 2.52. The number of carbonyl (C=O) groups is 1. The maximum atomic E-state index is 10.8. The van der Waals surface area contributed by atoms with Gasteiger partial charge in [0.25, 0.3) is 0 Å². The molecule has 0 aliphatic heterocycles. The highest BCUT2D eigenvalue weighted by Gasteiger charge is 2.31. The molecule has 1 saturated carbocycles. The van der Waals surface area contributed by atoms with Gasteiger partial charge in [0.1, 0.15) is 12.6 Å². The maximum Gasteiger partial charge on any atom is 0.323 e. The van der Waals surface area contributed by atoms with Crippen LogP contribution in [0.1, 0.15) is 18.4 Å². The highest BCUT2D eigenvalue weighted by molar-refractivity contribution is 5.75. The molecule has 5 nitrogen and oxygen atoms in total. The number of carboxylic acids is 1. The molecule has 1 N–H and O–H groups in total. The second-order valence-corrected chi connectivity index (χ2v) is 3.76. The number of aliphatic carboxylic acids is 1. The molecular weight excluding hydrogens is 206 g/mol. The predicted molar refractivity (Wildman–Crippen MR) is 57.0 cm³/mol. The van der Waals surface area contributed by atoms with Gasteiger partial charge in [-0.25, -0.2) is 0 Å². The third kappa shape index (κ3) is 2.11. The van der Waals surface area contributed by atoms with Crippen LogP contribution < -0.4 is 4.90 Å². The van der Waals surface area contributed by atoms with E-state index in [0.717, 1.165) is 12.8 Å². The molecule has 0 spiro atoms. The summed E-state index contributed by atoms with van der Waals surface area (Å²) in [6.07, 6.45) is 5.05. The van der Waals surface area contributed by atoms with Crippen molar-refractivity contribution in [2.75, 3.05) is 11.4 Å². The van der Waals surface area contributed by atoms with Crippen molar-refractivity contribution in [1.82, 2.24) is 4.98 Å². The largest absolute Gasteiger partial charge is 0.480 e. The lowest BCUT2D eigenvalue weighted by Gasteiger charge is -2.22. The minimum Gasteiger partial charge on any atom is -0.480 e. The minimum absolute atomic E-state index is 0.0783. The second kappa shape index (κ2) is 4.19. The Balaban J connectivity index is 2.31. The van der Waals surface area contributed by atoms with E-state index >= 15 is 0 Å². The molecule has 0 atom stereocenters. The van der Waals surface area contributed by atoms with E-state index in [4.69, 9.17) is 10.4 Å². The van der Waals surface area contributed by atoms with Crippen molar-refractivity contribution in [3.05, 3.63) is 24.0 Å². The maximum absolute atomic E-state index is 10.8. The summed E-state index contributed by atoms with van der Waals surface area (Å²) in [5.74, 6) is -0.889. The molecule has 1 fully saturated rings. The van der Waals surface area contributed by atoms with Gasteiger partial charge in [0.15, 0.2) is 0 Å². The van der Waals surface area contributed by atoms with Crippen molar-refractivity contribution in [2.45, 2.75) is 18.9 Å². The van der Waals surface area contributed by atoms with Crippen molar-refractivity contribution < 1.29 is 9.90 Å². The third-order valence-corrected chi connectivity index (χ3v) is 2.52. The van der Waals surface area contributed by atoms with Crippen molar-refractivity contribution >= 4 is 11.7 Å². The first-order chi connectivity index (χ1) is 7.72. The van der Waals surface area contributed by atoms with Crippen LogP contribution in [0.2, 0.25) is 0 Å². The number of hydrogen-bond donors (Lipinski definition) is 1.